The molecule has 0 atom stereocenters. The smallest absolute Gasteiger partial charge is 0.228 e. The van der Waals surface area contributed by atoms with Crippen LogP contribution in [0.25, 0.3) is 5.69 Å². The summed E-state index contributed by atoms with van der Waals surface area (Å²) in [5, 5.41) is 7.53. The second-order valence-electron chi connectivity index (χ2n) is 6.92. The molecule has 0 unspecified atom stereocenters. The highest BCUT2D eigenvalue weighted by Crippen LogP contribution is 2.22. The summed E-state index contributed by atoms with van der Waals surface area (Å²) in [4.78, 5) is 16.9. The van der Waals surface area contributed by atoms with Crippen molar-refractivity contribution in [3.63, 3.8) is 0 Å². The Bertz CT molecular complexity index is 1150. The Morgan fingerprint density at radius 3 is 2.43 bits per heavy atom. The number of carbonyl (C=O) groups is 1. The molecule has 0 bridgehead atoms. The minimum Gasteiger partial charge on any atom is -0.439 e. The number of nitrogens with zero attached hydrogens (tertiary/aromatic N) is 3. The van der Waals surface area contributed by atoms with E-state index in [0.29, 0.717) is 17.3 Å². The number of pyridine rings is 1. The predicted molar refractivity (Wildman–Crippen MR) is 116 cm³/mol. The van der Waals surface area contributed by atoms with Crippen LogP contribution in [0, 0.1) is 13.8 Å². The molecule has 2 heterocycles. The molecule has 6 nitrogen and oxygen atoms in total. The summed E-state index contributed by atoms with van der Waals surface area (Å²) in [6.45, 7) is 3.90. The van der Waals surface area contributed by atoms with Gasteiger partial charge in [-0.1, -0.05) is 36.4 Å². The van der Waals surface area contributed by atoms with Gasteiger partial charge in [0.05, 0.1) is 17.8 Å². The van der Waals surface area contributed by atoms with Crippen LogP contribution < -0.4 is 10.1 Å². The van der Waals surface area contributed by atoms with Crippen molar-refractivity contribution in [3.05, 3.63) is 95.9 Å². The zero-order valence-electron chi connectivity index (χ0n) is 16.9. The van der Waals surface area contributed by atoms with Crippen molar-refractivity contribution >= 4 is 11.6 Å². The van der Waals surface area contributed by atoms with Crippen molar-refractivity contribution in [1.29, 1.82) is 0 Å². The molecular formula is C24H22N4O2. The van der Waals surface area contributed by atoms with Crippen LogP contribution in [0.5, 0.6) is 11.6 Å². The monoisotopic (exact) mass is 398 g/mol. The van der Waals surface area contributed by atoms with E-state index in [0.717, 1.165) is 22.6 Å². The summed E-state index contributed by atoms with van der Waals surface area (Å²) in [7, 11) is 0. The van der Waals surface area contributed by atoms with E-state index in [2.05, 4.69) is 15.4 Å². The number of carbonyl (C=O) groups excluding carboxylic acids is 1. The van der Waals surface area contributed by atoms with E-state index >= 15 is 0 Å². The molecule has 0 aliphatic rings. The third-order valence-corrected chi connectivity index (χ3v) is 4.76. The van der Waals surface area contributed by atoms with Gasteiger partial charge in [-0.05, 0) is 44.2 Å². The van der Waals surface area contributed by atoms with Crippen LogP contribution in [0.4, 0.5) is 5.69 Å². The Labute approximate surface area is 175 Å². The van der Waals surface area contributed by atoms with Gasteiger partial charge in [0, 0.05) is 29.2 Å². The van der Waals surface area contributed by atoms with Gasteiger partial charge in [0.1, 0.15) is 5.75 Å². The topological polar surface area (TPSA) is 69.0 Å². The molecule has 0 radical (unpaired) electrons. The Morgan fingerprint density at radius 1 is 1.00 bits per heavy atom. The van der Waals surface area contributed by atoms with Gasteiger partial charge in [-0.15, -0.1) is 0 Å². The summed E-state index contributed by atoms with van der Waals surface area (Å²) in [6.07, 6.45) is 1.85. The largest absolute Gasteiger partial charge is 0.439 e. The number of nitrogens with one attached hydrogen (secondary N) is 1. The molecule has 0 spiro atoms. The first kappa shape index (κ1) is 19.4. The van der Waals surface area contributed by atoms with Crippen molar-refractivity contribution in [2.45, 2.75) is 20.3 Å². The second-order valence-corrected chi connectivity index (χ2v) is 6.92. The number of amides is 1. The van der Waals surface area contributed by atoms with Crippen molar-refractivity contribution in [3.8, 4) is 17.3 Å². The number of ether oxygens (including phenoxy) is 1. The second kappa shape index (κ2) is 8.61. The fraction of sp³-hybridized carbons (Fsp3) is 0.125. The molecule has 0 saturated heterocycles. The third kappa shape index (κ3) is 4.38. The summed E-state index contributed by atoms with van der Waals surface area (Å²) >= 11 is 0. The summed E-state index contributed by atoms with van der Waals surface area (Å²) in [5.41, 5.74) is 4.32. The first-order chi connectivity index (χ1) is 14.6. The summed E-state index contributed by atoms with van der Waals surface area (Å²) in [5.74, 6) is 0.988. The molecule has 30 heavy (non-hydrogen) atoms. The first-order valence-corrected chi connectivity index (χ1v) is 9.69. The molecule has 0 saturated carbocycles. The van der Waals surface area contributed by atoms with Crippen molar-refractivity contribution in [1.82, 2.24) is 14.8 Å². The molecule has 2 aromatic carbocycles. The molecule has 1 N–H and O–H groups in total. The van der Waals surface area contributed by atoms with Gasteiger partial charge in [0.25, 0.3) is 0 Å². The molecule has 0 fully saturated rings. The van der Waals surface area contributed by atoms with Gasteiger partial charge < -0.3 is 10.1 Å². The minimum atomic E-state index is -0.120. The summed E-state index contributed by atoms with van der Waals surface area (Å²) < 4.78 is 7.60. The number of para-hydroxylation sites is 2. The zero-order valence-corrected chi connectivity index (χ0v) is 16.9. The van der Waals surface area contributed by atoms with Gasteiger partial charge >= 0.3 is 0 Å². The Kier molecular flexibility index (Phi) is 5.57. The van der Waals surface area contributed by atoms with Gasteiger partial charge in [0.2, 0.25) is 11.8 Å². The molecule has 1 amide bonds. The normalized spacial score (nSPS) is 10.6. The van der Waals surface area contributed by atoms with Crippen LogP contribution in [-0.4, -0.2) is 20.7 Å². The number of anilines is 1. The number of aryl methyl sites for hydroxylation is 1. The van der Waals surface area contributed by atoms with E-state index in [9.17, 15) is 4.79 Å². The predicted octanol–water partition coefficient (Wildman–Crippen LogP) is 4.86. The van der Waals surface area contributed by atoms with E-state index in [1.54, 1.807) is 18.3 Å². The highest BCUT2D eigenvalue weighted by molar-refractivity contribution is 5.92. The maximum Gasteiger partial charge on any atom is 0.228 e. The fourth-order valence-corrected chi connectivity index (χ4v) is 3.27. The van der Waals surface area contributed by atoms with Crippen molar-refractivity contribution < 1.29 is 9.53 Å². The molecule has 4 rings (SSSR count). The number of hydrogen-bond donors (Lipinski definition) is 1. The van der Waals surface area contributed by atoms with Crippen LogP contribution in [0.3, 0.4) is 0 Å². The molecule has 150 valence electrons. The van der Waals surface area contributed by atoms with Gasteiger partial charge in [-0.2, -0.15) is 5.10 Å². The lowest BCUT2D eigenvalue weighted by Gasteiger charge is -2.09. The molecule has 0 aliphatic heterocycles. The molecule has 2 aromatic heterocycles. The SMILES string of the molecule is Cc1nn(-c2ccccc2)c(C)c1CC(=O)Nc1ccnc(Oc2ccccc2)c1. The minimum absolute atomic E-state index is 0.120. The van der Waals surface area contributed by atoms with Gasteiger partial charge in [-0.25, -0.2) is 9.67 Å². The number of aromatic nitrogens is 3. The summed E-state index contributed by atoms with van der Waals surface area (Å²) in [6, 6.07) is 22.7. The van der Waals surface area contributed by atoms with Crippen molar-refractivity contribution in [2.24, 2.45) is 0 Å². The number of rotatable bonds is 6. The number of hydrogen-bond acceptors (Lipinski definition) is 4. The van der Waals surface area contributed by atoms with E-state index < -0.39 is 0 Å². The van der Waals surface area contributed by atoms with Gasteiger partial charge in [0.15, 0.2) is 0 Å². The van der Waals surface area contributed by atoms with Crippen LogP contribution in [0.2, 0.25) is 0 Å². The highest BCUT2D eigenvalue weighted by atomic mass is 16.5. The maximum atomic E-state index is 12.7. The first-order valence-electron chi connectivity index (χ1n) is 9.69. The average Bonchev–Trinajstić information content (AvgIpc) is 3.03. The maximum absolute atomic E-state index is 12.7. The third-order valence-electron chi connectivity index (χ3n) is 4.76. The molecule has 6 heteroatoms. The standard InChI is InChI=1S/C24H22N4O2/c1-17-22(18(2)28(27-17)20-9-5-3-6-10-20)16-23(29)26-19-13-14-25-24(15-19)30-21-11-7-4-8-12-21/h3-15H,16H2,1-2H3,(H,25,26,29). The lowest BCUT2D eigenvalue weighted by molar-refractivity contribution is -0.115. The Balaban J connectivity index is 1.47. The van der Waals surface area contributed by atoms with Crippen molar-refractivity contribution in [2.75, 3.05) is 5.32 Å². The lowest BCUT2D eigenvalue weighted by Crippen LogP contribution is -2.15. The number of benzene rings is 2. The quantitative estimate of drug-likeness (QED) is 0.504. The Hall–Kier alpha value is -3.93. The Morgan fingerprint density at radius 2 is 1.70 bits per heavy atom. The molecule has 4 aromatic rings. The lowest BCUT2D eigenvalue weighted by atomic mass is 10.1. The van der Waals surface area contributed by atoms with Crippen LogP contribution >= 0.6 is 0 Å². The highest BCUT2D eigenvalue weighted by Gasteiger charge is 2.16. The average molecular weight is 398 g/mol. The van der Waals surface area contributed by atoms with E-state index in [1.807, 2.05) is 79.2 Å². The fourth-order valence-electron chi connectivity index (χ4n) is 3.27. The molecular weight excluding hydrogens is 376 g/mol. The van der Waals surface area contributed by atoms with Crippen LogP contribution in [0.15, 0.2) is 79.0 Å². The van der Waals surface area contributed by atoms with E-state index in [-0.39, 0.29) is 12.3 Å². The van der Waals surface area contributed by atoms with Gasteiger partial charge in [-0.3, -0.25) is 4.79 Å². The van der Waals surface area contributed by atoms with Crippen LogP contribution in [-0.2, 0) is 11.2 Å². The van der Waals surface area contributed by atoms with E-state index in [4.69, 9.17) is 4.74 Å². The van der Waals surface area contributed by atoms with Crippen LogP contribution in [0.1, 0.15) is 17.0 Å². The molecule has 0 aliphatic carbocycles. The zero-order chi connectivity index (χ0) is 20.9. The van der Waals surface area contributed by atoms with E-state index in [1.165, 1.54) is 0 Å².